The lowest BCUT2D eigenvalue weighted by atomic mass is 10.1. The Kier molecular flexibility index (Phi) is 5.75. The van der Waals surface area contributed by atoms with Gasteiger partial charge in [0.05, 0.1) is 6.26 Å². The quantitative estimate of drug-likeness (QED) is 0.412. The SMILES string of the molecule is O=C(NCCc1c[nH]c2ccccc12)/C(=C\c1ccco1)NC(=O)c1ccccc1. The van der Waals surface area contributed by atoms with Crippen LogP contribution in [0.15, 0.2) is 89.3 Å². The van der Waals surface area contributed by atoms with Crippen molar-refractivity contribution in [1.29, 1.82) is 0 Å². The number of nitrogens with one attached hydrogen (secondary N) is 3. The van der Waals surface area contributed by atoms with Gasteiger partial charge in [-0.25, -0.2) is 0 Å². The van der Waals surface area contributed by atoms with Gasteiger partial charge in [0.25, 0.3) is 11.8 Å². The van der Waals surface area contributed by atoms with E-state index in [0.717, 1.165) is 16.5 Å². The van der Waals surface area contributed by atoms with E-state index in [4.69, 9.17) is 4.42 Å². The van der Waals surface area contributed by atoms with Crippen molar-refractivity contribution in [2.75, 3.05) is 6.54 Å². The Morgan fingerprint density at radius 1 is 0.967 bits per heavy atom. The van der Waals surface area contributed by atoms with Gasteiger partial charge in [-0.15, -0.1) is 0 Å². The minimum absolute atomic E-state index is 0.123. The molecule has 150 valence electrons. The van der Waals surface area contributed by atoms with Crippen molar-refractivity contribution < 1.29 is 14.0 Å². The number of furan rings is 1. The minimum atomic E-state index is -0.379. The molecule has 0 bridgehead atoms. The fourth-order valence-corrected chi connectivity index (χ4v) is 3.20. The summed E-state index contributed by atoms with van der Waals surface area (Å²) in [5, 5.41) is 6.70. The van der Waals surface area contributed by atoms with Crippen LogP contribution in [0.3, 0.4) is 0 Å². The van der Waals surface area contributed by atoms with E-state index in [0.29, 0.717) is 24.3 Å². The van der Waals surface area contributed by atoms with Gasteiger partial charge in [-0.3, -0.25) is 9.59 Å². The summed E-state index contributed by atoms with van der Waals surface area (Å²) in [6, 6.07) is 20.2. The average Bonchev–Trinajstić information content (AvgIpc) is 3.44. The van der Waals surface area contributed by atoms with E-state index in [1.807, 2.05) is 36.5 Å². The molecule has 0 spiro atoms. The summed E-state index contributed by atoms with van der Waals surface area (Å²) in [6.45, 7) is 0.428. The summed E-state index contributed by atoms with van der Waals surface area (Å²) < 4.78 is 5.30. The van der Waals surface area contributed by atoms with Crippen LogP contribution in [-0.4, -0.2) is 23.3 Å². The van der Waals surface area contributed by atoms with E-state index in [2.05, 4.69) is 15.6 Å². The molecule has 4 aromatic rings. The number of carbonyl (C=O) groups excluding carboxylic acids is 2. The Morgan fingerprint density at radius 2 is 1.77 bits per heavy atom. The molecule has 2 aromatic heterocycles. The maximum atomic E-state index is 12.8. The molecule has 4 rings (SSSR count). The Labute approximate surface area is 173 Å². The van der Waals surface area contributed by atoms with Crippen LogP contribution in [-0.2, 0) is 11.2 Å². The molecule has 30 heavy (non-hydrogen) atoms. The van der Waals surface area contributed by atoms with Gasteiger partial charge in [-0.1, -0.05) is 36.4 Å². The molecule has 0 unspecified atom stereocenters. The Hall–Kier alpha value is -4.06. The lowest BCUT2D eigenvalue weighted by Crippen LogP contribution is -2.35. The monoisotopic (exact) mass is 399 g/mol. The van der Waals surface area contributed by atoms with Crippen LogP contribution >= 0.6 is 0 Å². The van der Waals surface area contributed by atoms with Crippen molar-refractivity contribution in [3.8, 4) is 0 Å². The van der Waals surface area contributed by atoms with Crippen LogP contribution < -0.4 is 10.6 Å². The van der Waals surface area contributed by atoms with Crippen LogP contribution in [0.1, 0.15) is 21.7 Å². The zero-order valence-electron chi connectivity index (χ0n) is 16.2. The summed E-state index contributed by atoms with van der Waals surface area (Å²) in [5.41, 5.74) is 2.77. The van der Waals surface area contributed by atoms with Crippen LogP contribution in [0.2, 0.25) is 0 Å². The number of H-pyrrole nitrogens is 1. The molecular weight excluding hydrogens is 378 g/mol. The highest BCUT2D eigenvalue weighted by molar-refractivity contribution is 6.05. The highest BCUT2D eigenvalue weighted by atomic mass is 16.3. The smallest absolute Gasteiger partial charge is 0.267 e. The van der Waals surface area contributed by atoms with Crippen LogP contribution in [0.4, 0.5) is 0 Å². The highest BCUT2D eigenvalue weighted by Crippen LogP contribution is 2.17. The zero-order valence-corrected chi connectivity index (χ0v) is 16.2. The molecule has 0 fully saturated rings. The summed E-state index contributed by atoms with van der Waals surface area (Å²) in [5.74, 6) is -0.263. The van der Waals surface area contributed by atoms with Crippen molar-refractivity contribution in [2.24, 2.45) is 0 Å². The van der Waals surface area contributed by atoms with Crippen molar-refractivity contribution in [1.82, 2.24) is 15.6 Å². The van der Waals surface area contributed by atoms with Crippen LogP contribution in [0, 0.1) is 0 Å². The molecule has 0 saturated carbocycles. The number of amides is 2. The molecule has 0 aliphatic rings. The predicted molar refractivity (Wildman–Crippen MR) is 116 cm³/mol. The van der Waals surface area contributed by atoms with Crippen molar-refractivity contribution >= 4 is 28.8 Å². The topological polar surface area (TPSA) is 87.1 Å². The summed E-state index contributed by atoms with van der Waals surface area (Å²) in [7, 11) is 0. The normalized spacial score (nSPS) is 11.4. The number of fused-ring (bicyclic) bond motifs is 1. The molecule has 0 aliphatic heterocycles. The van der Waals surface area contributed by atoms with Gasteiger partial charge in [-0.05, 0) is 42.3 Å². The van der Waals surface area contributed by atoms with Gasteiger partial charge >= 0.3 is 0 Å². The number of rotatable bonds is 7. The molecule has 2 aromatic carbocycles. The summed E-state index contributed by atoms with van der Waals surface area (Å²) in [4.78, 5) is 28.5. The number of para-hydroxylation sites is 1. The standard InChI is InChI=1S/C24H21N3O3/c28-23(17-7-2-1-3-8-17)27-22(15-19-9-6-14-30-19)24(29)25-13-12-18-16-26-21-11-5-4-10-20(18)21/h1-11,14-16,26H,12-13H2,(H,25,29)(H,27,28)/b22-15+. The highest BCUT2D eigenvalue weighted by Gasteiger charge is 2.15. The predicted octanol–water partition coefficient (Wildman–Crippen LogP) is 3.89. The second kappa shape index (κ2) is 8.96. The van der Waals surface area contributed by atoms with Crippen LogP contribution in [0.25, 0.3) is 17.0 Å². The molecule has 2 heterocycles. The largest absolute Gasteiger partial charge is 0.465 e. The summed E-state index contributed by atoms with van der Waals surface area (Å²) >= 11 is 0. The molecule has 3 N–H and O–H groups in total. The maximum Gasteiger partial charge on any atom is 0.267 e. The first-order valence-electron chi connectivity index (χ1n) is 9.65. The lowest BCUT2D eigenvalue weighted by molar-refractivity contribution is -0.117. The molecule has 0 radical (unpaired) electrons. The van der Waals surface area contributed by atoms with Gasteiger partial charge in [0.15, 0.2) is 0 Å². The second-order valence-electron chi connectivity index (χ2n) is 6.76. The zero-order chi connectivity index (χ0) is 20.8. The number of hydrogen-bond donors (Lipinski definition) is 3. The molecule has 0 atom stereocenters. The molecule has 6 nitrogen and oxygen atoms in total. The van der Waals surface area contributed by atoms with E-state index in [1.54, 1.807) is 36.4 Å². The third kappa shape index (κ3) is 4.50. The van der Waals surface area contributed by atoms with Gasteiger partial charge in [0.1, 0.15) is 11.5 Å². The van der Waals surface area contributed by atoms with Crippen LogP contribution in [0.5, 0.6) is 0 Å². The minimum Gasteiger partial charge on any atom is -0.465 e. The third-order valence-electron chi connectivity index (χ3n) is 4.71. The van der Waals surface area contributed by atoms with E-state index in [9.17, 15) is 9.59 Å². The lowest BCUT2D eigenvalue weighted by Gasteiger charge is -2.11. The number of carbonyl (C=O) groups is 2. The summed E-state index contributed by atoms with van der Waals surface area (Å²) in [6.07, 6.45) is 5.64. The Balaban J connectivity index is 1.45. The van der Waals surface area contributed by atoms with Crippen molar-refractivity contribution in [2.45, 2.75) is 6.42 Å². The molecule has 6 heteroatoms. The first-order chi connectivity index (χ1) is 14.7. The van der Waals surface area contributed by atoms with E-state index in [-0.39, 0.29) is 17.5 Å². The van der Waals surface area contributed by atoms with Gasteiger partial charge < -0.3 is 20.0 Å². The molecule has 0 aliphatic carbocycles. The van der Waals surface area contributed by atoms with Crippen molar-refractivity contribution in [3.63, 3.8) is 0 Å². The first-order valence-corrected chi connectivity index (χ1v) is 9.65. The maximum absolute atomic E-state index is 12.8. The Morgan fingerprint density at radius 3 is 2.57 bits per heavy atom. The third-order valence-corrected chi connectivity index (χ3v) is 4.71. The number of benzene rings is 2. The van der Waals surface area contributed by atoms with E-state index >= 15 is 0 Å². The number of aromatic nitrogens is 1. The first kappa shape index (κ1) is 19.3. The number of aromatic amines is 1. The van der Waals surface area contributed by atoms with Gasteiger partial charge in [0, 0.05) is 35.3 Å². The number of hydrogen-bond acceptors (Lipinski definition) is 3. The average molecular weight is 399 g/mol. The second-order valence-corrected chi connectivity index (χ2v) is 6.76. The van der Waals surface area contributed by atoms with E-state index in [1.165, 1.54) is 12.3 Å². The fourth-order valence-electron chi connectivity index (χ4n) is 3.20. The molecule has 0 saturated heterocycles. The Bertz CT molecular complexity index is 1170. The fraction of sp³-hybridized carbons (Fsp3) is 0.0833. The van der Waals surface area contributed by atoms with E-state index < -0.39 is 0 Å². The molecular formula is C24H21N3O3. The van der Waals surface area contributed by atoms with Gasteiger partial charge in [0.2, 0.25) is 0 Å². The molecule has 2 amide bonds. The van der Waals surface area contributed by atoms with Gasteiger partial charge in [-0.2, -0.15) is 0 Å². The van der Waals surface area contributed by atoms with Crippen molar-refractivity contribution in [3.05, 3.63) is 102 Å².